The van der Waals surface area contributed by atoms with Crippen LogP contribution in [0.3, 0.4) is 0 Å². The van der Waals surface area contributed by atoms with E-state index in [1.165, 1.54) is 49.9 Å². The third kappa shape index (κ3) is 4.59. The van der Waals surface area contributed by atoms with Gasteiger partial charge in [0.25, 0.3) is 0 Å². The summed E-state index contributed by atoms with van der Waals surface area (Å²) in [4.78, 5) is 14.1. The van der Waals surface area contributed by atoms with Gasteiger partial charge in [-0.25, -0.2) is 0 Å². The number of aromatic amines is 1. The first-order valence-electron chi connectivity index (χ1n) is 9.02. The van der Waals surface area contributed by atoms with Crippen molar-refractivity contribution in [2.24, 2.45) is 0 Å². The predicted octanol–water partition coefficient (Wildman–Crippen LogP) is 2.74. The maximum absolute atomic E-state index is 11.5. The summed E-state index contributed by atoms with van der Waals surface area (Å²) in [6.45, 7) is 2.84. The summed E-state index contributed by atoms with van der Waals surface area (Å²) >= 11 is 1.17. The van der Waals surface area contributed by atoms with Crippen LogP contribution >= 0.6 is 11.3 Å². The van der Waals surface area contributed by atoms with Crippen LogP contribution in [0.15, 0.2) is 16.9 Å². The van der Waals surface area contributed by atoms with Crippen molar-refractivity contribution in [2.45, 2.75) is 51.0 Å². The molecule has 0 radical (unpaired) electrons. The number of aromatic hydroxyl groups is 1. The smallest absolute Gasteiger partial charge is 0.305 e. The monoisotopic (exact) mass is 349 g/mol. The Kier molecular flexibility index (Phi) is 6.29. The van der Waals surface area contributed by atoms with E-state index < -0.39 is 0 Å². The van der Waals surface area contributed by atoms with E-state index in [0.29, 0.717) is 11.6 Å². The molecule has 1 aliphatic carbocycles. The zero-order chi connectivity index (χ0) is 16.8. The van der Waals surface area contributed by atoms with Crippen molar-refractivity contribution in [1.82, 2.24) is 15.6 Å². The molecule has 24 heavy (non-hydrogen) atoms. The topological polar surface area (TPSA) is 77.2 Å². The third-order valence-corrected chi connectivity index (χ3v) is 5.76. The van der Waals surface area contributed by atoms with E-state index in [2.05, 4.69) is 15.6 Å². The molecule has 6 heteroatoms. The van der Waals surface area contributed by atoms with Gasteiger partial charge in [0, 0.05) is 19.1 Å². The number of hydrogen-bond acceptors (Lipinski definition) is 5. The van der Waals surface area contributed by atoms with Gasteiger partial charge in [-0.2, -0.15) is 0 Å². The molecule has 5 nitrogen and oxygen atoms in total. The zero-order valence-electron chi connectivity index (χ0n) is 14.1. The van der Waals surface area contributed by atoms with Gasteiger partial charge in [0.15, 0.2) is 0 Å². The summed E-state index contributed by atoms with van der Waals surface area (Å²) in [5.41, 5.74) is 1.67. The molecule has 0 spiro atoms. The lowest BCUT2D eigenvalue weighted by Gasteiger charge is -2.16. The van der Waals surface area contributed by atoms with Crippen molar-refractivity contribution in [3.05, 3.63) is 27.4 Å². The molecule has 0 bridgehead atoms. The van der Waals surface area contributed by atoms with Crippen molar-refractivity contribution in [2.75, 3.05) is 19.6 Å². The van der Waals surface area contributed by atoms with Crippen LogP contribution in [0.25, 0.3) is 10.2 Å². The van der Waals surface area contributed by atoms with Crippen LogP contribution in [0.2, 0.25) is 0 Å². The maximum atomic E-state index is 11.5. The van der Waals surface area contributed by atoms with Gasteiger partial charge in [-0.1, -0.05) is 43.1 Å². The van der Waals surface area contributed by atoms with Crippen molar-refractivity contribution in [1.29, 1.82) is 0 Å². The SMILES string of the molecule is O=c1[nH]c2c(O)ccc(CCNCCNC3CCCCCC3)c2s1. The van der Waals surface area contributed by atoms with Gasteiger partial charge in [0.2, 0.25) is 0 Å². The lowest BCUT2D eigenvalue weighted by Crippen LogP contribution is -2.35. The van der Waals surface area contributed by atoms with Crippen molar-refractivity contribution < 1.29 is 5.11 Å². The van der Waals surface area contributed by atoms with Gasteiger partial charge in [-0.15, -0.1) is 0 Å². The second kappa shape index (κ2) is 8.65. The highest BCUT2D eigenvalue weighted by Gasteiger charge is 2.11. The molecule has 0 aliphatic heterocycles. The minimum atomic E-state index is -0.117. The normalized spacial score (nSPS) is 16.5. The molecule has 1 fully saturated rings. The lowest BCUT2D eigenvalue weighted by molar-refractivity contribution is 0.454. The molecule has 132 valence electrons. The number of aromatic nitrogens is 1. The third-order valence-electron chi connectivity index (χ3n) is 4.80. The fourth-order valence-corrected chi connectivity index (χ4v) is 4.36. The Bertz CT molecular complexity index is 702. The Balaban J connectivity index is 1.41. The largest absolute Gasteiger partial charge is 0.506 e. The Morgan fingerprint density at radius 1 is 1.12 bits per heavy atom. The van der Waals surface area contributed by atoms with Gasteiger partial charge >= 0.3 is 4.87 Å². The molecule has 1 saturated carbocycles. The maximum Gasteiger partial charge on any atom is 0.305 e. The van der Waals surface area contributed by atoms with Crippen LogP contribution in [0.5, 0.6) is 5.75 Å². The Morgan fingerprint density at radius 2 is 1.92 bits per heavy atom. The molecule has 0 amide bonds. The van der Waals surface area contributed by atoms with E-state index in [1.54, 1.807) is 6.07 Å². The minimum absolute atomic E-state index is 0.117. The molecule has 0 atom stereocenters. The number of phenolic OH excluding ortho intramolecular Hbond substituents is 1. The molecule has 1 aromatic heterocycles. The molecule has 1 aromatic carbocycles. The molecule has 0 unspecified atom stereocenters. The number of H-pyrrole nitrogens is 1. The first kappa shape index (κ1) is 17.5. The first-order chi connectivity index (χ1) is 11.7. The van der Waals surface area contributed by atoms with Crippen LogP contribution < -0.4 is 15.5 Å². The summed E-state index contributed by atoms with van der Waals surface area (Å²) in [5.74, 6) is 0.146. The number of rotatable bonds is 7. The quantitative estimate of drug-likeness (QED) is 0.458. The summed E-state index contributed by atoms with van der Waals surface area (Å²) in [5, 5.41) is 16.9. The van der Waals surface area contributed by atoms with Gasteiger partial charge in [0.05, 0.1) is 4.70 Å². The fourth-order valence-electron chi connectivity index (χ4n) is 3.47. The van der Waals surface area contributed by atoms with Crippen LogP contribution in [0.4, 0.5) is 0 Å². The number of thiazole rings is 1. The molecular formula is C18H27N3O2S. The lowest BCUT2D eigenvalue weighted by atomic mass is 10.1. The van der Waals surface area contributed by atoms with E-state index >= 15 is 0 Å². The van der Waals surface area contributed by atoms with E-state index in [0.717, 1.165) is 36.3 Å². The fraction of sp³-hybridized carbons (Fsp3) is 0.611. The van der Waals surface area contributed by atoms with Crippen LogP contribution in [0.1, 0.15) is 44.1 Å². The highest BCUT2D eigenvalue weighted by Crippen LogP contribution is 2.27. The average Bonchev–Trinajstić information content (AvgIpc) is 2.80. The average molecular weight is 350 g/mol. The minimum Gasteiger partial charge on any atom is -0.506 e. The molecular weight excluding hydrogens is 322 g/mol. The highest BCUT2D eigenvalue weighted by molar-refractivity contribution is 7.16. The Hall–Kier alpha value is -1.37. The van der Waals surface area contributed by atoms with E-state index in [9.17, 15) is 9.90 Å². The van der Waals surface area contributed by atoms with Gasteiger partial charge < -0.3 is 20.7 Å². The van der Waals surface area contributed by atoms with Gasteiger partial charge in [0.1, 0.15) is 11.3 Å². The van der Waals surface area contributed by atoms with Crippen molar-refractivity contribution >= 4 is 21.6 Å². The second-order valence-corrected chi connectivity index (χ2v) is 7.59. The van der Waals surface area contributed by atoms with Crippen LogP contribution in [-0.4, -0.2) is 35.8 Å². The van der Waals surface area contributed by atoms with E-state index in [1.807, 2.05) is 6.07 Å². The number of phenols is 1. The zero-order valence-corrected chi connectivity index (χ0v) is 14.9. The molecule has 2 aromatic rings. The summed E-state index contributed by atoms with van der Waals surface area (Å²) in [6.07, 6.45) is 9.00. The number of benzene rings is 1. The van der Waals surface area contributed by atoms with Crippen molar-refractivity contribution in [3.8, 4) is 5.75 Å². The molecule has 1 heterocycles. The first-order valence-corrected chi connectivity index (χ1v) is 9.83. The Morgan fingerprint density at radius 3 is 2.71 bits per heavy atom. The number of fused-ring (bicyclic) bond motifs is 1. The van der Waals surface area contributed by atoms with E-state index in [-0.39, 0.29) is 10.6 Å². The van der Waals surface area contributed by atoms with Gasteiger partial charge in [-0.3, -0.25) is 4.79 Å². The number of nitrogens with one attached hydrogen (secondary N) is 3. The standard InChI is InChI=1S/C18H27N3O2S/c22-15-8-7-13(17-16(15)21-18(23)24-17)9-10-19-11-12-20-14-5-3-1-2-4-6-14/h7-8,14,19-20,22H,1-6,9-12H2,(H,21,23). The summed E-state index contributed by atoms with van der Waals surface area (Å²) in [7, 11) is 0. The molecule has 3 rings (SSSR count). The van der Waals surface area contributed by atoms with Gasteiger partial charge in [-0.05, 0) is 37.4 Å². The molecule has 0 saturated heterocycles. The summed E-state index contributed by atoms with van der Waals surface area (Å²) < 4.78 is 0.874. The Labute approximate surface area is 146 Å². The van der Waals surface area contributed by atoms with Crippen LogP contribution in [-0.2, 0) is 6.42 Å². The number of hydrogen-bond donors (Lipinski definition) is 4. The van der Waals surface area contributed by atoms with Crippen molar-refractivity contribution in [3.63, 3.8) is 0 Å². The van der Waals surface area contributed by atoms with E-state index in [4.69, 9.17) is 0 Å². The molecule has 1 aliphatic rings. The second-order valence-electron chi connectivity index (χ2n) is 6.61. The molecule has 4 N–H and O–H groups in total. The predicted molar refractivity (Wildman–Crippen MR) is 100 cm³/mol. The summed E-state index contributed by atoms with van der Waals surface area (Å²) in [6, 6.07) is 4.27. The van der Waals surface area contributed by atoms with Crippen LogP contribution in [0, 0.1) is 0 Å². The highest BCUT2D eigenvalue weighted by atomic mass is 32.1.